The molecule has 2 aromatic heterocycles. The summed E-state index contributed by atoms with van der Waals surface area (Å²) in [7, 11) is 0. The molecule has 0 bridgehead atoms. The average molecular weight is 742 g/mol. The molecule has 12 rings (SSSR count). The smallest absolute Gasteiger partial charge is 0.143 e. The molecule has 0 saturated heterocycles. The Morgan fingerprint density at radius 1 is 0.362 bits per heavy atom. The van der Waals surface area contributed by atoms with Gasteiger partial charge >= 0.3 is 0 Å². The number of nitrogens with zero attached hydrogens (tertiary/aromatic N) is 1. The molecule has 9 aromatic carbocycles. The Morgan fingerprint density at radius 2 is 0.931 bits per heavy atom. The summed E-state index contributed by atoms with van der Waals surface area (Å²) in [6.07, 6.45) is 0. The summed E-state index contributed by atoms with van der Waals surface area (Å²) in [4.78, 5) is 2.44. The SMILES string of the molecule is c1ccc(C2(c3ccccc3)c3ccccc3-c3c(N(c4cccc(-c5cccc6c5oc5ccccc56)c4)c4ccc5oc6ccccc6c5c4)cccc32)cc1. The van der Waals surface area contributed by atoms with Gasteiger partial charge < -0.3 is 13.7 Å². The van der Waals surface area contributed by atoms with E-state index in [-0.39, 0.29) is 0 Å². The highest BCUT2D eigenvalue weighted by atomic mass is 16.3. The average Bonchev–Trinajstić information content (AvgIpc) is 3.96. The molecule has 1 aliphatic carbocycles. The largest absolute Gasteiger partial charge is 0.456 e. The monoisotopic (exact) mass is 741 g/mol. The molecule has 1 aliphatic rings. The minimum Gasteiger partial charge on any atom is -0.456 e. The molecule has 0 atom stereocenters. The molecule has 3 heteroatoms. The Hall–Kier alpha value is -7.62. The summed E-state index contributed by atoms with van der Waals surface area (Å²) in [5.41, 5.74) is 15.8. The van der Waals surface area contributed by atoms with Crippen LogP contribution in [0, 0.1) is 0 Å². The van der Waals surface area contributed by atoms with Crippen molar-refractivity contribution in [2.24, 2.45) is 0 Å². The highest BCUT2D eigenvalue weighted by molar-refractivity contribution is 6.10. The summed E-state index contributed by atoms with van der Waals surface area (Å²) < 4.78 is 12.9. The number of hydrogen-bond donors (Lipinski definition) is 0. The maximum absolute atomic E-state index is 6.57. The molecular formula is C55H35NO2. The minimum atomic E-state index is -0.528. The van der Waals surface area contributed by atoms with Gasteiger partial charge in [0.15, 0.2) is 0 Å². The third-order valence-electron chi connectivity index (χ3n) is 12.1. The fourth-order valence-electron chi connectivity index (χ4n) is 9.73. The van der Waals surface area contributed by atoms with E-state index in [9.17, 15) is 0 Å². The van der Waals surface area contributed by atoms with Gasteiger partial charge in [0.1, 0.15) is 22.3 Å². The van der Waals surface area contributed by atoms with Crippen molar-refractivity contribution in [2.45, 2.75) is 5.41 Å². The maximum atomic E-state index is 6.57. The summed E-state index contributed by atoms with van der Waals surface area (Å²) in [6, 6.07) is 76.4. The molecule has 0 unspecified atom stereocenters. The topological polar surface area (TPSA) is 29.5 Å². The number of anilines is 3. The van der Waals surface area contributed by atoms with E-state index in [1.165, 1.54) is 33.4 Å². The van der Waals surface area contributed by atoms with E-state index in [2.05, 4.69) is 193 Å². The number of fused-ring (bicyclic) bond motifs is 9. The lowest BCUT2D eigenvalue weighted by Gasteiger charge is -2.34. The normalized spacial score (nSPS) is 13.0. The van der Waals surface area contributed by atoms with Crippen molar-refractivity contribution < 1.29 is 8.83 Å². The van der Waals surface area contributed by atoms with Crippen molar-refractivity contribution in [3.05, 3.63) is 235 Å². The zero-order chi connectivity index (χ0) is 38.2. The molecule has 0 saturated carbocycles. The van der Waals surface area contributed by atoms with Gasteiger partial charge in [-0.05, 0) is 81.9 Å². The second-order valence-corrected chi connectivity index (χ2v) is 15.2. The van der Waals surface area contributed by atoms with Gasteiger partial charge in [-0.1, -0.05) is 164 Å². The van der Waals surface area contributed by atoms with E-state index >= 15 is 0 Å². The summed E-state index contributed by atoms with van der Waals surface area (Å²) in [5.74, 6) is 0. The molecule has 0 spiro atoms. The summed E-state index contributed by atoms with van der Waals surface area (Å²) in [6.45, 7) is 0. The molecule has 3 nitrogen and oxygen atoms in total. The van der Waals surface area contributed by atoms with Crippen LogP contribution >= 0.6 is 0 Å². The number of hydrogen-bond acceptors (Lipinski definition) is 3. The number of rotatable bonds is 6. The first-order valence-corrected chi connectivity index (χ1v) is 19.8. The van der Waals surface area contributed by atoms with E-state index in [0.29, 0.717) is 0 Å². The Labute approximate surface area is 335 Å². The maximum Gasteiger partial charge on any atom is 0.143 e. The highest BCUT2D eigenvalue weighted by Crippen LogP contribution is 2.59. The predicted octanol–water partition coefficient (Wildman–Crippen LogP) is 15.0. The third kappa shape index (κ3) is 4.68. The van der Waals surface area contributed by atoms with E-state index < -0.39 is 5.41 Å². The van der Waals surface area contributed by atoms with Crippen molar-refractivity contribution in [3.8, 4) is 22.3 Å². The van der Waals surface area contributed by atoms with Crippen molar-refractivity contribution in [2.75, 3.05) is 4.90 Å². The number of furan rings is 2. The van der Waals surface area contributed by atoms with Crippen LogP contribution in [0.1, 0.15) is 22.3 Å². The van der Waals surface area contributed by atoms with E-state index in [4.69, 9.17) is 8.83 Å². The van der Waals surface area contributed by atoms with Gasteiger partial charge in [0, 0.05) is 44.0 Å². The summed E-state index contributed by atoms with van der Waals surface area (Å²) >= 11 is 0. The van der Waals surface area contributed by atoms with Crippen molar-refractivity contribution in [3.63, 3.8) is 0 Å². The molecule has 0 amide bonds. The lowest BCUT2D eigenvalue weighted by Crippen LogP contribution is -2.28. The van der Waals surface area contributed by atoms with Crippen LogP contribution in [0.4, 0.5) is 17.1 Å². The zero-order valence-corrected chi connectivity index (χ0v) is 31.5. The highest BCUT2D eigenvalue weighted by Gasteiger charge is 2.47. The van der Waals surface area contributed by atoms with E-state index in [1.54, 1.807) is 0 Å². The quantitative estimate of drug-likeness (QED) is 0.170. The molecule has 0 N–H and O–H groups in total. The Balaban J connectivity index is 1.15. The van der Waals surface area contributed by atoms with Crippen LogP contribution in [0.25, 0.3) is 66.1 Å². The van der Waals surface area contributed by atoms with Crippen LogP contribution in [0.5, 0.6) is 0 Å². The fraction of sp³-hybridized carbons (Fsp3) is 0.0182. The van der Waals surface area contributed by atoms with Crippen LogP contribution in [-0.2, 0) is 5.41 Å². The summed E-state index contributed by atoms with van der Waals surface area (Å²) in [5, 5.41) is 4.41. The molecule has 272 valence electrons. The molecule has 0 aliphatic heterocycles. The molecule has 2 heterocycles. The Bertz CT molecular complexity index is 3320. The van der Waals surface area contributed by atoms with Crippen LogP contribution < -0.4 is 4.90 Å². The second-order valence-electron chi connectivity index (χ2n) is 15.2. The van der Waals surface area contributed by atoms with Crippen LogP contribution in [0.2, 0.25) is 0 Å². The van der Waals surface area contributed by atoms with E-state index in [0.717, 1.165) is 72.1 Å². The third-order valence-corrected chi connectivity index (χ3v) is 12.1. The van der Waals surface area contributed by atoms with Gasteiger partial charge in [-0.25, -0.2) is 0 Å². The Morgan fingerprint density at radius 3 is 1.72 bits per heavy atom. The van der Waals surface area contributed by atoms with Gasteiger partial charge in [-0.15, -0.1) is 0 Å². The van der Waals surface area contributed by atoms with Crippen LogP contribution in [0.15, 0.2) is 221 Å². The number of para-hydroxylation sites is 3. The van der Waals surface area contributed by atoms with Gasteiger partial charge in [0.25, 0.3) is 0 Å². The first-order chi connectivity index (χ1) is 28.8. The van der Waals surface area contributed by atoms with Gasteiger partial charge in [-0.3, -0.25) is 0 Å². The second kappa shape index (κ2) is 12.7. The molecule has 11 aromatic rings. The van der Waals surface area contributed by atoms with Gasteiger partial charge in [0.2, 0.25) is 0 Å². The Kier molecular flexibility index (Phi) is 7.14. The van der Waals surface area contributed by atoms with E-state index in [1.807, 2.05) is 24.3 Å². The zero-order valence-electron chi connectivity index (χ0n) is 31.5. The molecule has 58 heavy (non-hydrogen) atoms. The van der Waals surface area contributed by atoms with Gasteiger partial charge in [-0.2, -0.15) is 0 Å². The lowest BCUT2D eigenvalue weighted by atomic mass is 9.68. The lowest BCUT2D eigenvalue weighted by molar-refractivity contribution is 0.669. The molecule has 0 fully saturated rings. The van der Waals surface area contributed by atoms with Crippen molar-refractivity contribution in [1.82, 2.24) is 0 Å². The van der Waals surface area contributed by atoms with Gasteiger partial charge in [0.05, 0.1) is 11.1 Å². The van der Waals surface area contributed by atoms with Crippen molar-refractivity contribution in [1.29, 1.82) is 0 Å². The minimum absolute atomic E-state index is 0.528. The van der Waals surface area contributed by atoms with Crippen molar-refractivity contribution >= 4 is 60.9 Å². The van der Waals surface area contributed by atoms with Crippen LogP contribution in [-0.4, -0.2) is 0 Å². The predicted molar refractivity (Wildman–Crippen MR) is 238 cm³/mol. The van der Waals surface area contributed by atoms with Crippen LogP contribution in [0.3, 0.4) is 0 Å². The molecule has 0 radical (unpaired) electrons. The first-order valence-electron chi connectivity index (χ1n) is 19.8. The fourth-order valence-corrected chi connectivity index (χ4v) is 9.73. The first kappa shape index (κ1) is 32.6. The standard InChI is InChI=1S/C55H35NO2/c1-3-17-37(18-4-1)55(38-19-5-2-6-20-38)47-27-10-7-24-45(47)53-48(55)28-15-29-49(53)56(40-32-33-52-46(35-40)43-23-9-11-30-50(43)57-52)39-21-13-16-36(34-39)41-25-14-26-44-42-22-8-12-31-51(42)58-54(41)44/h1-35H. The number of benzene rings is 9. The molecular weight excluding hydrogens is 707 g/mol.